The van der Waals surface area contributed by atoms with Gasteiger partial charge in [0.05, 0.1) is 5.52 Å². The second kappa shape index (κ2) is 7.27. The number of fused-ring (bicyclic) bond motifs is 1. The summed E-state index contributed by atoms with van der Waals surface area (Å²) in [4.78, 5) is 27.2. The van der Waals surface area contributed by atoms with Crippen molar-refractivity contribution in [3.05, 3.63) is 64.4 Å². The molecule has 0 aliphatic carbocycles. The Kier molecular flexibility index (Phi) is 4.67. The van der Waals surface area contributed by atoms with Gasteiger partial charge in [-0.3, -0.25) is 9.59 Å². The lowest BCUT2D eigenvalue weighted by atomic mass is 9.98. The molecule has 5 nitrogen and oxygen atoms in total. The molecule has 1 fully saturated rings. The maximum Gasteiger partial charge on any atom is 0.248 e. The summed E-state index contributed by atoms with van der Waals surface area (Å²) in [5.41, 5.74) is 4.02. The van der Waals surface area contributed by atoms with Gasteiger partial charge in [0.15, 0.2) is 0 Å². The van der Waals surface area contributed by atoms with E-state index >= 15 is 0 Å². The number of carbonyl (C=O) groups is 1. The van der Waals surface area contributed by atoms with E-state index in [1.54, 1.807) is 11.0 Å². The van der Waals surface area contributed by atoms with Gasteiger partial charge in [0.2, 0.25) is 12.0 Å². The van der Waals surface area contributed by atoms with Crippen LogP contribution in [0.4, 0.5) is 0 Å². The van der Waals surface area contributed by atoms with Crippen LogP contribution in [-0.2, 0) is 4.79 Å². The van der Waals surface area contributed by atoms with Crippen LogP contribution in [0.1, 0.15) is 18.4 Å². The van der Waals surface area contributed by atoms with Gasteiger partial charge in [0.1, 0.15) is 11.9 Å². The molecule has 3 aromatic rings. The highest BCUT2D eigenvalue weighted by molar-refractivity contribution is 5.88. The lowest BCUT2D eigenvalue weighted by Gasteiger charge is -2.29. The smallest absolute Gasteiger partial charge is 0.248 e. The number of hydrogen-bond donors (Lipinski definition) is 1. The zero-order valence-electron chi connectivity index (χ0n) is 15.3. The maximum atomic E-state index is 11.7. The number of rotatable bonds is 4. The number of aryl methyl sites for hydroxylation is 1. The molecular weight excluding hydrogens is 340 g/mol. The molecule has 4 rings (SSSR count). The van der Waals surface area contributed by atoms with Gasteiger partial charge in [-0.05, 0) is 47.2 Å². The summed E-state index contributed by atoms with van der Waals surface area (Å²) in [6, 6.07) is 15.6. The van der Waals surface area contributed by atoms with Gasteiger partial charge in [-0.2, -0.15) is 0 Å². The highest BCUT2D eigenvalue weighted by atomic mass is 16.5. The van der Waals surface area contributed by atoms with Gasteiger partial charge in [-0.15, -0.1) is 0 Å². The normalized spacial score (nSPS) is 15.1. The summed E-state index contributed by atoms with van der Waals surface area (Å²) in [5, 5.41) is 1.03. The van der Waals surface area contributed by atoms with Crippen molar-refractivity contribution in [3.8, 4) is 16.9 Å². The molecule has 5 heteroatoms. The topological polar surface area (TPSA) is 62.4 Å². The van der Waals surface area contributed by atoms with Gasteiger partial charge in [-0.25, -0.2) is 0 Å². The number of nitrogens with one attached hydrogen (secondary N) is 1. The first-order chi connectivity index (χ1) is 13.1. The molecule has 138 valence electrons. The summed E-state index contributed by atoms with van der Waals surface area (Å²) < 4.78 is 6.07. The fourth-order valence-corrected chi connectivity index (χ4v) is 3.69. The molecule has 1 aliphatic rings. The molecule has 1 amide bonds. The quantitative estimate of drug-likeness (QED) is 0.723. The van der Waals surface area contributed by atoms with Crippen LogP contribution in [0.25, 0.3) is 22.0 Å². The Morgan fingerprint density at radius 2 is 1.74 bits per heavy atom. The van der Waals surface area contributed by atoms with Crippen molar-refractivity contribution in [3.63, 3.8) is 0 Å². The van der Waals surface area contributed by atoms with Crippen molar-refractivity contribution < 1.29 is 9.53 Å². The van der Waals surface area contributed by atoms with Crippen LogP contribution >= 0.6 is 0 Å². The Hall–Kier alpha value is -3.08. The van der Waals surface area contributed by atoms with Gasteiger partial charge >= 0.3 is 0 Å². The van der Waals surface area contributed by atoms with Crippen molar-refractivity contribution in [1.29, 1.82) is 0 Å². The molecule has 0 radical (unpaired) electrons. The van der Waals surface area contributed by atoms with Crippen molar-refractivity contribution in [2.24, 2.45) is 0 Å². The lowest BCUT2D eigenvalue weighted by molar-refractivity contribution is -0.119. The summed E-state index contributed by atoms with van der Waals surface area (Å²) in [6.07, 6.45) is 2.78. The number of carbonyl (C=O) groups excluding carboxylic acids is 1. The predicted molar refractivity (Wildman–Crippen MR) is 106 cm³/mol. The van der Waals surface area contributed by atoms with E-state index in [-0.39, 0.29) is 11.7 Å². The second-order valence-corrected chi connectivity index (χ2v) is 7.01. The first kappa shape index (κ1) is 17.3. The van der Waals surface area contributed by atoms with Crippen LogP contribution in [-0.4, -0.2) is 35.5 Å². The van der Waals surface area contributed by atoms with E-state index in [1.807, 2.05) is 43.3 Å². The molecule has 0 bridgehead atoms. The predicted octanol–water partition coefficient (Wildman–Crippen LogP) is 3.50. The fraction of sp³-hybridized carbons (Fsp3) is 0.273. The third-order valence-corrected chi connectivity index (χ3v) is 5.25. The lowest BCUT2D eigenvalue weighted by Crippen LogP contribution is -2.37. The maximum absolute atomic E-state index is 11.7. The zero-order valence-corrected chi connectivity index (χ0v) is 15.3. The number of aromatic amines is 1. The number of benzene rings is 2. The highest BCUT2D eigenvalue weighted by Gasteiger charge is 2.19. The number of amides is 1. The van der Waals surface area contributed by atoms with E-state index in [2.05, 4.69) is 11.1 Å². The largest absolute Gasteiger partial charge is 0.490 e. The number of nitrogens with zero attached hydrogens (tertiary/aromatic N) is 1. The average Bonchev–Trinajstić information content (AvgIpc) is 2.70. The number of likely N-dealkylation sites (tertiary alicyclic amines) is 1. The van der Waals surface area contributed by atoms with Crippen LogP contribution in [0.5, 0.6) is 5.75 Å². The fourth-order valence-electron chi connectivity index (χ4n) is 3.69. The third-order valence-electron chi connectivity index (χ3n) is 5.25. The van der Waals surface area contributed by atoms with E-state index in [0.29, 0.717) is 0 Å². The van der Waals surface area contributed by atoms with Crippen LogP contribution in [0.15, 0.2) is 53.3 Å². The first-order valence-electron chi connectivity index (χ1n) is 9.23. The van der Waals surface area contributed by atoms with Crippen molar-refractivity contribution in [1.82, 2.24) is 9.88 Å². The molecule has 0 spiro atoms. The molecule has 27 heavy (non-hydrogen) atoms. The molecule has 1 aromatic heterocycles. The Bertz CT molecular complexity index is 1020. The van der Waals surface area contributed by atoms with Gasteiger partial charge in [-0.1, -0.05) is 24.3 Å². The van der Waals surface area contributed by atoms with Crippen LogP contribution in [0.3, 0.4) is 0 Å². The first-order valence-corrected chi connectivity index (χ1v) is 9.23. The van der Waals surface area contributed by atoms with Crippen LogP contribution in [0, 0.1) is 6.92 Å². The highest BCUT2D eigenvalue weighted by Crippen LogP contribution is 2.30. The van der Waals surface area contributed by atoms with Gasteiger partial charge in [0.25, 0.3) is 0 Å². The number of aromatic nitrogens is 1. The van der Waals surface area contributed by atoms with E-state index in [9.17, 15) is 9.59 Å². The minimum atomic E-state index is -0.0906. The van der Waals surface area contributed by atoms with E-state index in [1.165, 1.54) is 0 Å². The van der Waals surface area contributed by atoms with Crippen molar-refractivity contribution in [2.75, 3.05) is 13.1 Å². The molecule has 0 atom stereocenters. The van der Waals surface area contributed by atoms with Crippen LogP contribution in [0.2, 0.25) is 0 Å². The molecule has 2 heterocycles. The Morgan fingerprint density at radius 1 is 1.04 bits per heavy atom. The van der Waals surface area contributed by atoms with Gasteiger partial charge < -0.3 is 14.6 Å². The summed E-state index contributed by atoms with van der Waals surface area (Å²) in [5.74, 6) is 0.843. The average molecular weight is 362 g/mol. The summed E-state index contributed by atoms with van der Waals surface area (Å²) in [6.45, 7) is 3.53. The third kappa shape index (κ3) is 3.58. The minimum absolute atomic E-state index is 0.0906. The zero-order chi connectivity index (χ0) is 18.8. The molecule has 1 saturated heterocycles. The molecular formula is C22H22N2O3. The Balaban J connectivity index is 1.54. The SMILES string of the molecule is Cc1c(-c2ccc(OC3CCN(C=O)CC3)cc2)ccc2ccc(=O)[nH]c12. The molecule has 1 aliphatic heterocycles. The van der Waals surface area contributed by atoms with E-state index < -0.39 is 0 Å². The number of H-pyrrole nitrogens is 1. The second-order valence-electron chi connectivity index (χ2n) is 7.01. The Labute approximate surface area is 157 Å². The van der Waals surface area contributed by atoms with E-state index in [4.69, 9.17) is 4.74 Å². The number of pyridine rings is 1. The van der Waals surface area contributed by atoms with Crippen molar-refractivity contribution >= 4 is 17.3 Å². The molecule has 2 aromatic carbocycles. The van der Waals surface area contributed by atoms with Gasteiger partial charge in [0, 0.05) is 32.0 Å². The molecule has 0 saturated carbocycles. The summed E-state index contributed by atoms with van der Waals surface area (Å²) in [7, 11) is 0. The monoisotopic (exact) mass is 362 g/mol. The van der Waals surface area contributed by atoms with Crippen molar-refractivity contribution in [2.45, 2.75) is 25.9 Å². The van der Waals surface area contributed by atoms with E-state index in [0.717, 1.165) is 65.7 Å². The Morgan fingerprint density at radius 3 is 2.44 bits per heavy atom. The number of piperidine rings is 1. The minimum Gasteiger partial charge on any atom is -0.490 e. The summed E-state index contributed by atoms with van der Waals surface area (Å²) >= 11 is 0. The molecule has 0 unspecified atom stereocenters. The number of hydrogen-bond acceptors (Lipinski definition) is 3. The van der Waals surface area contributed by atoms with Crippen LogP contribution < -0.4 is 10.3 Å². The standard InChI is InChI=1S/C22H22N2O3/c1-15-20(8-4-17-5-9-21(26)23-22(15)17)16-2-6-18(7-3-16)27-19-10-12-24(14-25)13-11-19/h2-9,14,19H,10-13H2,1H3,(H,23,26). The molecule has 1 N–H and O–H groups in total. The number of ether oxygens (including phenoxy) is 1.